The third-order valence-corrected chi connectivity index (χ3v) is 7.52. The van der Waals surface area contributed by atoms with E-state index in [9.17, 15) is 8.42 Å². The maximum absolute atomic E-state index is 12.5. The van der Waals surface area contributed by atoms with Gasteiger partial charge in [-0.25, -0.2) is 13.4 Å². The van der Waals surface area contributed by atoms with Crippen LogP contribution in [0.3, 0.4) is 0 Å². The molecule has 152 valence electrons. The van der Waals surface area contributed by atoms with Crippen LogP contribution in [-0.4, -0.2) is 31.5 Å². The first kappa shape index (κ1) is 19.7. The van der Waals surface area contributed by atoms with Crippen LogP contribution in [0.15, 0.2) is 46.7 Å². The molecule has 2 N–H and O–H groups in total. The molecule has 9 heteroatoms. The highest BCUT2D eigenvalue weighted by Gasteiger charge is 2.17. The summed E-state index contributed by atoms with van der Waals surface area (Å²) in [6, 6.07) is 12.5. The molecule has 1 aliphatic heterocycles. The summed E-state index contributed by atoms with van der Waals surface area (Å²) in [5.74, 6) is 1.47. The Kier molecular flexibility index (Phi) is 5.42. The molecule has 1 saturated heterocycles. The molecular formula is C20H23N5O2S2. The molecule has 0 spiro atoms. The van der Waals surface area contributed by atoms with Gasteiger partial charge in [-0.2, -0.15) is 4.98 Å². The van der Waals surface area contributed by atoms with E-state index in [4.69, 9.17) is 0 Å². The van der Waals surface area contributed by atoms with Gasteiger partial charge in [-0.1, -0.05) is 0 Å². The summed E-state index contributed by atoms with van der Waals surface area (Å²) in [6.45, 7) is 5.88. The van der Waals surface area contributed by atoms with Crippen molar-refractivity contribution in [2.24, 2.45) is 0 Å². The maximum atomic E-state index is 12.5. The van der Waals surface area contributed by atoms with E-state index in [1.165, 1.54) is 24.2 Å². The van der Waals surface area contributed by atoms with Gasteiger partial charge in [-0.3, -0.25) is 4.72 Å². The van der Waals surface area contributed by atoms with Crippen LogP contribution < -0.4 is 14.9 Å². The highest BCUT2D eigenvalue weighted by Crippen LogP contribution is 2.25. The fourth-order valence-corrected chi connectivity index (χ4v) is 5.57. The largest absolute Gasteiger partial charge is 0.356 e. The van der Waals surface area contributed by atoms with Gasteiger partial charge < -0.3 is 10.2 Å². The summed E-state index contributed by atoms with van der Waals surface area (Å²) in [4.78, 5) is 12.3. The zero-order valence-corrected chi connectivity index (χ0v) is 18.0. The van der Waals surface area contributed by atoms with Gasteiger partial charge in [-0.15, -0.1) is 11.3 Å². The lowest BCUT2D eigenvalue weighted by atomic mass is 10.3. The Hall–Kier alpha value is -2.65. The van der Waals surface area contributed by atoms with Gasteiger partial charge in [0.1, 0.15) is 10.0 Å². The minimum atomic E-state index is -3.57. The number of thiophene rings is 1. The van der Waals surface area contributed by atoms with Gasteiger partial charge >= 0.3 is 0 Å². The summed E-state index contributed by atoms with van der Waals surface area (Å²) in [5.41, 5.74) is 2.20. The van der Waals surface area contributed by atoms with E-state index in [2.05, 4.69) is 24.9 Å². The number of aromatic nitrogens is 2. The number of benzene rings is 1. The zero-order valence-electron chi connectivity index (χ0n) is 16.3. The number of anilines is 4. The lowest BCUT2D eigenvalue weighted by molar-refractivity contribution is 0.603. The molecule has 0 atom stereocenters. The quantitative estimate of drug-likeness (QED) is 0.607. The lowest BCUT2D eigenvalue weighted by Crippen LogP contribution is -2.19. The monoisotopic (exact) mass is 429 g/mol. The predicted octanol–water partition coefficient (Wildman–Crippen LogP) is 4.30. The fourth-order valence-electron chi connectivity index (χ4n) is 3.23. The zero-order chi connectivity index (χ0) is 20.4. The molecule has 0 saturated carbocycles. The third kappa shape index (κ3) is 4.68. The van der Waals surface area contributed by atoms with Crippen molar-refractivity contribution < 1.29 is 8.42 Å². The number of sulfonamides is 1. The summed E-state index contributed by atoms with van der Waals surface area (Å²) in [6.07, 6.45) is 2.38. The molecule has 3 heterocycles. The predicted molar refractivity (Wildman–Crippen MR) is 118 cm³/mol. The molecule has 2 aromatic heterocycles. The molecule has 0 aliphatic carbocycles. The average Bonchev–Trinajstić information content (AvgIpc) is 3.35. The molecule has 1 aliphatic rings. The topological polar surface area (TPSA) is 87.2 Å². The van der Waals surface area contributed by atoms with E-state index >= 15 is 0 Å². The minimum absolute atomic E-state index is 0.305. The molecule has 0 unspecified atom stereocenters. The lowest BCUT2D eigenvalue weighted by Gasteiger charge is -2.17. The first-order chi connectivity index (χ1) is 13.9. The van der Waals surface area contributed by atoms with E-state index < -0.39 is 10.0 Å². The normalized spacial score (nSPS) is 14.2. The SMILES string of the molecule is Cc1cc(N2CCCC2)nc(Nc2ccc(NS(=O)(=O)c3ccc(C)s3)cc2)n1. The molecule has 0 bridgehead atoms. The van der Waals surface area contributed by atoms with E-state index in [1.54, 1.807) is 36.4 Å². The second-order valence-electron chi connectivity index (χ2n) is 7.06. The number of aryl methyl sites for hydroxylation is 2. The summed E-state index contributed by atoms with van der Waals surface area (Å²) in [7, 11) is -3.57. The summed E-state index contributed by atoms with van der Waals surface area (Å²) in [5, 5.41) is 3.21. The Balaban J connectivity index is 1.47. The van der Waals surface area contributed by atoms with Crippen molar-refractivity contribution in [3.8, 4) is 0 Å². The molecule has 3 aromatic rings. The van der Waals surface area contributed by atoms with Crippen LogP contribution in [0.4, 0.5) is 23.1 Å². The van der Waals surface area contributed by atoms with Gasteiger partial charge in [-0.05, 0) is 63.1 Å². The fraction of sp³-hybridized carbons (Fsp3) is 0.300. The van der Waals surface area contributed by atoms with Crippen molar-refractivity contribution in [2.45, 2.75) is 30.9 Å². The van der Waals surface area contributed by atoms with E-state index in [-0.39, 0.29) is 0 Å². The highest BCUT2D eigenvalue weighted by molar-refractivity contribution is 7.94. The second-order valence-corrected chi connectivity index (χ2v) is 10.3. The van der Waals surface area contributed by atoms with Crippen molar-refractivity contribution in [3.05, 3.63) is 53.0 Å². The van der Waals surface area contributed by atoms with Crippen LogP contribution in [0.1, 0.15) is 23.4 Å². The van der Waals surface area contributed by atoms with E-state index in [0.717, 1.165) is 35.2 Å². The molecule has 0 radical (unpaired) electrons. The minimum Gasteiger partial charge on any atom is -0.356 e. The highest BCUT2D eigenvalue weighted by atomic mass is 32.2. The molecule has 1 fully saturated rings. The Morgan fingerprint density at radius 2 is 1.66 bits per heavy atom. The number of rotatable bonds is 6. The standard InChI is InChI=1S/C20H23N5O2S2/c1-14-13-18(25-11-3-4-12-25)23-20(21-14)22-16-6-8-17(9-7-16)24-29(26,27)19-10-5-15(2)28-19/h5-10,13,24H,3-4,11-12H2,1-2H3,(H,21,22,23). The van der Waals surface area contributed by atoms with E-state index in [0.29, 0.717) is 15.8 Å². The van der Waals surface area contributed by atoms with Crippen molar-refractivity contribution >= 4 is 44.5 Å². The maximum Gasteiger partial charge on any atom is 0.271 e. The second kappa shape index (κ2) is 8.00. The number of nitrogens with one attached hydrogen (secondary N) is 2. The molecule has 7 nitrogen and oxygen atoms in total. The smallest absolute Gasteiger partial charge is 0.271 e. The van der Waals surface area contributed by atoms with Gasteiger partial charge in [0.05, 0.1) is 0 Å². The first-order valence-electron chi connectivity index (χ1n) is 9.46. The molecule has 0 amide bonds. The average molecular weight is 430 g/mol. The van der Waals surface area contributed by atoms with Crippen LogP contribution in [-0.2, 0) is 10.0 Å². The molecule has 1 aromatic carbocycles. The molecular weight excluding hydrogens is 406 g/mol. The van der Waals surface area contributed by atoms with Crippen molar-refractivity contribution in [1.29, 1.82) is 0 Å². The van der Waals surface area contributed by atoms with Gasteiger partial charge in [0, 0.05) is 41.1 Å². The van der Waals surface area contributed by atoms with Gasteiger partial charge in [0.2, 0.25) is 5.95 Å². The number of hydrogen-bond donors (Lipinski definition) is 2. The van der Waals surface area contributed by atoms with Crippen LogP contribution in [0.2, 0.25) is 0 Å². The van der Waals surface area contributed by atoms with Gasteiger partial charge in [0.15, 0.2) is 0 Å². The van der Waals surface area contributed by atoms with Crippen molar-refractivity contribution in [3.63, 3.8) is 0 Å². The Bertz CT molecular complexity index is 1100. The van der Waals surface area contributed by atoms with Gasteiger partial charge in [0.25, 0.3) is 10.0 Å². The summed E-state index contributed by atoms with van der Waals surface area (Å²) >= 11 is 1.25. The van der Waals surface area contributed by atoms with Crippen LogP contribution >= 0.6 is 11.3 Å². The Labute approximate surface area is 174 Å². The van der Waals surface area contributed by atoms with E-state index in [1.807, 2.05) is 19.9 Å². The number of hydrogen-bond acceptors (Lipinski definition) is 7. The Morgan fingerprint density at radius 3 is 2.31 bits per heavy atom. The van der Waals surface area contributed by atoms with Crippen LogP contribution in [0.5, 0.6) is 0 Å². The third-order valence-electron chi connectivity index (χ3n) is 4.64. The number of nitrogens with zero attached hydrogens (tertiary/aromatic N) is 3. The molecule has 29 heavy (non-hydrogen) atoms. The van der Waals surface area contributed by atoms with Crippen molar-refractivity contribution in [1.82, 2.24) is 9.97 Å². The van der Waals surface area contributed by atoms with Crippen molar-refractivity contribution in [2.75, 3.05) is 28.0 Å². The molecule has 4 rings (SSSR count). The summed E-state index contributed by atoms with van der Waals surface area (Å²) < 4.78 is 27.8. The first-order valence-corrected chi connectivity index (χ1v) is 11.8. The van der Waals surface area contributed by atoms with Crippen LogP contribution in [0, 0.1) is 13.8 Å². The van der Waals surface area contributed by atoms with Crippen LogP contribution in [0.25, 0.3) is 0 Å². The Morgan fingerprint density at radius 1 is 0.966 bits per heavy atom.